The van der Waals surface area contributed by atoms with Crippen molar-refractivity contribution < 1.29 is 18.3 Å². The Hall–Kier alpha value is -2.12. The SMILES string of the molecule is CN(CCCC(C)(C)NC(=O)O)S(=O)(=O)c1cccc2ccccc12. The van der Waals surface area contributed by atoms with Crippen LogP contribution in [0.5, 0.6) is 0 Å². The molecular weight excluding hydrogens is 340 g/mol. The summed E-state index contributed by atoms with van der Waals surface area (Å²) in [5, 5.41) is 12.8. The summed E-state index contributed by atoms with van der Waals surface area (Å²) in [6, 6.07) is 12.6. The van der Waals surface area contributed by atoms with Crippen molar-refractivity contribution in [3.8, 4) is 0 Å². The third-order valence-corrected chi connectivity index (χ3v) is 6.07. The Morgan fingerprint density at radius 3 is 2.48 bits per heavy atom. The average Bonchev–Trinajstić information content (AvgIpc) is 2.52. The number of amides is 1. The van der Waals surface area contributed by atoms with Crippen LogP contribution in [0, 0.1) is 0 Å². The topological polar surface area (TPSA) is 86.7 Å². The molecule has 2 N–H and O–H groups in total. The van der Waals surface area contributed by atoms with Crippen molar-refractivity contribution in [3.63, 3.8) is 0 Å². The summed E-state index contributed by atoms with van der Waals surface area (Å²) in [6.45, 7) is 3.87. The molecule has 2 rings (SSSR count). The van der Waals surface area contributed by atoms with E-state index in [0.717, 1.165) is 5.39 Å². The number of carboxylic acid groups (broad SMARTS) is 1. The van der Waals surface area contributed by atoms with E-state index in [0.29, 0.717) is 24.8 Å². The van der Waals surface area contributed by atoms with Crippen LogP contribution >= 0.6 is 0 Å². The van der Waals surface area contributed by atoms with Gasteiger partial charge in [0.05, 0.1) is 4.90 Å². The fraction of sp³-hybridized carbons (Fsp3) is 0.389. The Morgan fingerprint density at radius 1 is 1.16 bits per heavy atom. The van der Waals surface area contributed by atoms with E-state index in [4.69, 9.17) is 5.11 Å². The van der Waals surface area contributed by atoms with Gasteiger partial charge in [-0.3, -0.25) is 0 Å². The number of sulfonamides is 1. The zero-order valence-corrected chi connectivity index (χ0v) is 15.5. The Morgan fingerprint density at radius 2 is 1.80 bits per heavy atom. The second-order valence-electron chi connectivity index (χ2n) is 6.72. The molecule has 0 aromatic heterocycles. The summed E-state index contributed by atoms with van der Waals surface area (Å²) >= 11 is 0. The van der Waals surface area contributed by atoms with Crippen molar-refractivity contribution in [3.05, 3.63) is 42.5 Å². The Bertz CT molecular complexity index is 857. The summed E-state index contributed by atoms with van der Waals surface area (Å²) < 4.78 is 27.1. The van der Waals surface area contributed by atoms with Gasteiger partial charge in [-0.05, 0) is 38.1 Å². The fourth-order valence-electron chi connectivity index (χ4n) is 2.80. The van der Waals surface area contributed by atoms with Crippen molar-refractivity contribution in [1.29, 1.82) is 0 Å². The molecule has 0 aliphatic heterocycles. The fourth-order valence-corrected chi connectivity index (χ4v) is 4.22. The summed E-state index contributed by atoms with van der Waals surface area (Å²) in [5.74, 6) is 0. The number of hydrogen-bond acceptors (Lipinski definition) is 3. The predicted molar refractivity (Wildman–Crippen MR) is 98.2 cm³/mol. The molecule has 0 bridgehead atoms. The quantitative estimate of drug-likeness (QED) is 0.789. The Kier molecular flexibility index (Phi) is 5.69. The number of nitrogens with one attached hydrogen (secondary N) is 1. The Labute approximate surface area is 148 Å². The first-order chi connectivity index (χ1) is 11.6. The molecule has 0 fully saturated rings. The van der Waals surface area contributed by atoms with E-state index in [1.54, 1.807) is 39.1 Å². The van der Waals surface area contributed by atoms with Crippen LogP contribution in [0.15, 0.2) is 47.4 Å². The molecule has 0 aliphatic rings. The second-order valence-corrected chi connectivity index (χ2v) is 8.73. The van der Waals surface area contributed by atoms with Gasteiger partial charge in [0.25, 0.3) is 0 Å². The molecular formula is C18H24N2O4S. The number of nitrogens with zero attached hydrogens (tertiary/aromatic N) is 1. The lowest BCUT2D eigenvalue weighted by Crippen LogP contribution is -2.43. The largest absolute Gasteiger partial charge is 0.465 e. The van der Waals surface area contributed by atoms with Crippen LogP contribution in [0.3, 0.4) is 0 Å². The van der Waals surface area contributed by atoms with Gasteiger partial charge in [0, 0.05) is 24.5 Å². The number of carbonyl (C=O) groups is 1. The zero-order chi connectivity index (χ0) is 18.7. The maximum atomic E-state index is 12.9. The van der Waals surface area contributed by atoms with E-state index < -0.39 is 21.7 Å². The number of fused-ring (bicyclic) bond motifs is 1. The molecule has 7 heteroatoms. The van der Waals surface area contributed by atoms with Crippen LogP contribution < -0.4 is 5.32 Å². The van der Waals surface area contributed by atoms with Gasteiger partial charge in [-0.15, -0.1) is 0 Å². The van der Waals surface area contributed by atoms with E-state index >= 15 is 0 Å². The lowest BCUT2D eigenvalue weighted by atomic mass is 9.99. The smallest absolute Gasteiger partial charge is 0.405 e. The van der Waals surface area contributed by atoms with Crippen LogP contribution in [0.25, 0.3) is 10.8 Å². The molecule has 136 valence electrons. The highest BCUT2D eigenvalue weighted by atomic mass is 32.2. The van der Waals surface area contributed by atoms with E-state index in [2.05, 4.69) is 5.32 Å². The summed E-state index contributed by atoms with van der Waals surface area (Å²) in [4.78, 5) is 11.1. The highest BCUT2D eigenvalue weighted by Gasteiger charge is 2.24. The van der Waals surface area contributed by atoms with E-state index in [9.17, 15) is 13.2 Å². The molecule has 0 atom stereocenters. The molecule has 0 radical (unpaired) electrons. The van der Waals surface area contributed by atoms with Crippen LogP contribution in [0.4, 0.5) is 4.79 Å². The van der Waals surface area contributed by atoms with Crippen molar-refractivity contribution in [1.82, 2.24) is 9.62 Å². The first kappa shape index (κ1) is 19.2. The standard InChI is InChI=1S/C18H24N2O4S/c1-18(2,19-17(21)22)12-7-13-20(3)25(23,24)16-11-6-9-14-8-4-5-10-15(14)16/h4-6,8-11,19H,7,12-13H2,1-3H3,(H,21,22). The summed E-state index contributed by atoms with van der Waals surface area (Å²) in [7, 11) is -2.06. The molecule has 0 saturated heterocycles. The molecule has 0 heterocycles. The minimum Gasteiger partial charge on any atom is -0.465 e. The van der Waals surface area contributed by atoms with E-state index in [1.807, 2.05) is 24.3 Å². The van der Waals surface area contributed by atoms with Gasteiger partial charge in [0.15, 0.2) is 0 Å². The van der Waals surface area contributed by atoms with Crippen LogP contribution in [0.2, 0.25) is 0 Å². The van der Waals surface area contributed by atoms with Crippen molar-refractivity contribution in [2.75, 3.05) is 13.6 Å². The molecule has 2 aromatic rings. The summed E-state index contributed by atoms with van der Waals surface area (Å²) in [5.41, 5.74) is -0.601. The molecule has 0 unspecified atom stereocenters. The first-order valence-electron chi connectivity index (χ1n) is 8.09. The van der Waals surface area contributed by atoms with E-state index in [-0.39, 0.29) is 4.90 Å². The molecule has 0 spiro atoms. The van der Waals surface area contributed by atoms with Crippen LogP contribution in [-0.4, -0.2) is 43.1 Å². The minimum atomic E-state index is -3.61. The van der Waals surface area contributed by atoms with Crippen molar-refractivity contribution >= 4 is 26.9 Å². The maximum Gasteiger partial charge on any atom is 0.405 e. The monoisotopic (exact) mass is 364 g/mol. The third kappa shape index (κ3) is 4.70. The maximum absolute atomic E-state index is 12.9. The lowest BCUT2D eigenvalue weighted by molar-refractivity contribution is 0.180. The minimum absolute atomic E-state index is 0.288. The molecule has 0 aliphatic carbocycles. The van der Waals surface area contributed by atoms with Gasteiger partial charge in [0.2, 0.25) is 10.0 Å². The zero-order valence-electron chi connectivity index (χ0n) is 14.7. The van der Waals surface area contributed by atoms with Gasteiger partial charge in [-0.2, -0.15) is 0 Å². The highest BCUT2D eigenvalue weighted by Crippen LogP contribution is 2.25. The molecule has 25 heavy (non-hydrogen) atoms. The molecule has 0 saturated carbocycles. The van der Waals surface area contributed by atoms with Crippen molar-refractivity contribution in [2.45, 2.75) is 37.1 Å². The van der Waals surface area contributed by atoms with Gasteiger partial charge in [-0.25, -0.2) is 17.5 Å². The lowest BCUT2D eigenvalue weighted by Gasteiger charge is -2.26. The normalized spacial score (nSPS) is 12.5. The number of rotatable bonds is 7. The molecule has 1 amide bonds. The van der Waals surface area contributed by atoms with Gasteiger partial charge >= 0.3 is 6.09 Å². The second kappa shape index (κ2) is 7.41. The van der Waals surface area contributed by atoms with Crippen LogP contribution in [0.1, 0.15) is 26.7 Å². The van der Waals surface area contributed by atoms with Crippen molar-refractivity contribution in [2.24, 2.45) is 0 Å². The highest BCUT2D eigenvalue weighted by molar-refractivity contribution is 7.89. The first-order valence-corrected chi connectivity index (χ1v) is 9.53. The van der Waals surface area contributed by atoms with E-state index in [1.165, 1.54) is 4.31 Å². The summed E-state index contributed by atoms with van der Waals surface area (Å²) in [6.07, 6.45) is 0.00406. The average molecular weight is 364 g/mol. The number of benzene rings is 2. The molecule has 6 nitrogen and oxygen atoms in total. The predicted octanol–water partition coefficient (Wildman–Crippen LogP) is 3.29. The van der Waals surface area contributed by atoms with Crippen LogP contribution in [-0.2, 0) is 10.0 Å². The third-order valence-electron chi connectivity index (χ3n) is 4.16. The van der Waals surface area contributed by atoms with Gasteiger partial charge < -0.3 is 10.4 Å². The number of hydrogen-bond donors (Lipinski definition) is 2. The van der Waals surface area contributed by atoms with Gasteiger partial charge in [-0.1, -0.05) is 36.4 Å². The Balaban J connectivity index is 2.12. The van der Waals surface area contributed by atoms with Gasteiger partial charge in [0.1, 0.15) is 0 Å². The molecule has 2 aromatic carbocycles.